The zero-order valence-corrected chi connectivity index (χ0v) is 12.6. The van der Waals surface area contributed by atoms with Gasteiger partial charge in [-0.05, 0) is 44.0 Å². The van der Waals surface area contributed by atoms with E-state index < -0.39 is 0 Å². The Hall–Kier alpha value is -0.0600. The minimum Gasteiger partial charge on any atom is -0.330 e. The van der Waals surface area contributed by atoms with Crippen molar-refractivity contribution in [2.45, 2.75) is 6.54 Å². The van der Waals surface area contributed by atoms with Gasteiger partial charge < -0.3 is 4.57 Å². The SMILES string of the molecule is C=CCn1c(Br)c(Br)c2ccc(Br)cc21. The summed E-state index contributed by atoms with van der Waals surface area (Å²) in [6.07, 6.45) is 1.89. The van der Waals surface area contributed by atoms with Gasteiger partial charge in [0.1, 0.15) is 4.60 Å². The molecule has 2 rings (SSSR count). The molecule has 0 spiro atoms. The minimum absolute atomic E-state index is 0.791. The highest BCUT2D eigenvalue weighted by molar-refractivity contribution is 9.13. The third kappa shape index (κ3) is 1.95. The molecule has 1 aromatic carbocycles. The van der Waals surface area contributed by atoms with Crippen molar-refractivity contribution in [1.29, 1.82) is 0 Å². The first kappa shape index (κ1) is 11.4. The lowest BCUT2D eigenvalue weighted by atomic mass is 10.2. The van der Waals surface area contributed by atoms with Gasteiger partial charge in [0, 0.05) is 16.4 Å². The fourth-order valence-electron chi connectivity index (χ4n) is 1.56. The molecular weight excluding hydrogens is 386 g/mol. The molecule has 15 heavy (non-hydrogen) atoms. The Kier molecular flexibility index (Phi) is 3.38. The van der Waals surface area contributed by atoms with Gasteiger partial charge in [-0.15, -0.1) is 6.58 Å². The monoisotopic (exact) mass is 391 g/mol. The largest absolute Gasteiger partial charge is 0.330 e. The molecule has 0 fully saturated rings. The Labute approximate surface area is 114 Å². The molecule has 0 bridgehead atoms. The fourth-order valence-corrected chi connectivity index (χ4v) is 3.00. The van der Waals surface area contributed by atoms with Crippen molar-refractivity contribution < 1.29 is 0 Å². The summed E-state index contributed by atoms with van der Waals surface area (Å²) in [6.45, 7) is 4.56. The summed E-state index contributed by atoms with van der Waals surface area (Å²) < 4.78 is 5.39. The lowest BCUT2D eigenvalue weighted by molar-refractivity contribution is 0.841. The molecule has 1 nitrogen and oxygen atoms in total. The zero-order valence-electron chi connectivity index (χ0n) is 7.80. The van der Waals surface area contributed by atoms with Crippen LogP contribution in [0.2, 0.25) is 0 Å². The van der Waals surface area contributed by atoms with Gasteiger partial charge in [0.2, 0.25) is 0 Å². The van der Waals surface area contributed by atoms with Crippen LogP contribution in [0.3, 0.4) is 0 Å². The Morgan fingerprint density at radius 3 is 2.67 bits per heavy atom. The van der Waals surface area contributed by atoms with E-state index in [4.69, 9.17) is 0 Å². The summed E-state index contributed by atoms with van der Waals surface area (Å²) in [5.74, 6) is 0. The smallest absolute Gasteiger partial charge is 0.100 e. The first-order chi connectivity index (χ1) is 7.15. The van der Waals surface area contributed by atoms with Crippen molar-refractivity contribution >= 4 is 58.7 Å². The standard InChI is InChI=1S/C11H8Br3N/c1-2-5-15-9-6-7(12)3-4-8(9)10(13)11(15)14/h2-4,6H,1,5H2. The lowest BCUT2D eigenvalue weighted by Gasteiger charge is -2.02. The summed E-state index contributed by atoms with van der Waals surface area (Å²) in [5, 5.41) is 1.20. The topological polar surface area (TPSA) is 4.93 Å². The van der Waals surface area contributed by atoms with Crippen LogP contribution in [-0.4, -0.2) is 4.57 Å². The highest BCUT2D eigenvalue weighted by atomic mass is 79.9. The summed E-state index contributed by atoms with van der Waals surface area (Å²) in [4.78, 5) is 0. The van der Waals surface area contributed by atoms with E-state index in [-0.39, 0.29) is 0 Å². The van der Waals surface area contributed by atoms with E-state index in [1.54, 1.807) is 0 Å². The number of nitrogens with zero attached hydrogens (tertiary/aromatic N) is 1. The molecule has 1 heterocycles. The number of fused-ring (bicyclic) bond motifs is 1. The summed E-state index contributed by atoms with van der Waals surface area (Å²) in [7, 11) is 0. The number of hydrogen-bond acceptors (Lipinski definition) is 0. The number of hydrogen-bond donors (Lipinski definition) is 0. The maximum absolute atomic E-state index is 3.77. The Bertz CT molecular complexity index is 528. The number of halogens is 3. The molecule has 0 saturated heterocycles. The Morgan fingerprint density at radius 2 is 2.00 bits per heavy atom. The van der Waals surface area contributed by atoms with E-state index in [9.17, 15) is 0 Å². The van der Waals surface area contributed by atoms with Crippen LogP contribution in [0.4, 0.5) is 0 Å². The summed E-state index contributed by atoms with van der Waals surface area (Å²) in [5.41, 5.74) is 1.18. The van der Waals surface area contributed by atoms with Gasteiger partial charge in [0.25, 0.3) is 0 Å². The van der Waals surface area contributed by atoms with Crippen molar-refractivity contribution in [3.63, 3.8) is 0 Å². The number of benzene rings is 1. The van der Waals surface area contributed by atoms with E-state index in [1.807, 2.05) is 12.1 Å². The Morgan fingerprint density at radius 1 is 1.27 bits per heavy atom. The molecular formula is C11H8Br3N. The van der Waals surface area contributed by atoms with Crippen molar-refractivity contribution in [2.24, 2.45) is 0 Å². The second kappa shape index (κ2) is 4.44. The van der Waals surface area contributed by atoms with Gasteiger partial charge in [-0.2, -0.15) is 0 Å². The molecule has 1 aromatic heterocycles. The molecule has 0 unspecified atom stereocenters. The first-order valence-corrected chi connectivity index (χ1v) is 6.76. The van der Waals surface area contributed by atoms with E-state index >= 15 is 0 Å². The van der Waals surface area contributed by atoms with Gasteiger partial charge in [-0.3, -0.25) is 0 Å². The second-order valence-electron chi connectivity index (χ2n) is 3.17. The molecule has 0 aliphatic heterocycles. The van der Waals surface area contributed by atoms with Crippen LogP contribution in [0.25, 0.3) is 10.9 Å². The third-order valence-corrected chi connectivity index (χ3v) is 4.87. The summed E-state index contributed by atoms with van der Waals surface area (Å²) >= 11 is 10.6. The Balaban J connectivity index is 2.81. The van der Waals surface area contributed by atoms with Crippen LogP contribution in [0.1, 0.15) is 0 Å². The van der Waals surface area contributed by atoms with Gasteiger partial charge >= 0.3 is 0 Å². The highest BCUT2D eigenvalue weighted by Crippen LogP contribution is 2.36. The molecule has 2 aromatic rings. The molecule has 0 atom stereocenters. The van der Waals surface area contributed by atoms with Gasteiger partial charge in [0.05, 0.1) is 9.99 Å². The van der Waals surface area contributed by atoms with Crippen molar-refractivity contribution in [1.82, 2.24) is 4.57 Å². The molecule has 78 valence electrons. The summed E-state index contributed by atoms with van der Waals surface area (Å²) in [6, 6.07) is 6.24. The number of aromatic nitrogens is 1. The van der Waals surface area contributed by atoms with Crippen LogP contribution < -0.4 is 0 Å². The predicted molar refractivity (Wildman–Crippen MR) is 75.2 cm³/mol. The molecule has 0 amide bonds. The number of rotatable bonds is 2. The van der Waals surface area contributed by atoms with Crippen LogP contribution >= 0.6 is 47.8 Å². The normalized spacial score (nSPS) is 10.9. The van der Waals surface area contributed by atoms with Gasteiger partial charge in [-0.25, -0.2) is 0 Å². The maximum atomic E-state index is 3.77. The van der Waals surface area contributed by atoms with Gasteiger partial charge in [-0.1, -0.05) is 28.1 Å². The molecule has 0 radical (unpaired) electrons. The molecule has 0 saturated carbocycles. The third-order valence-electron chi connectivity index (χ3n) is 2.22. The zero-order chi connectivity index (χ0) is 11.0. The molecule has 0 N–H and O–H groups in total. The first-order valence-electron chi connectivity index (χ1n) is 4.38. The molecule has 4 heteroatoms. The minimum atomic E-state index is 0.791. The van der Waals surface area contributed by atoms with Crippen LogP contribution in [0, 0.1) is 0 Å². The van der Waals surface area contributed by atoms with Crippen LogP contribution in [0.15, 0.2) is 44.4 Å². The number of allylic oxidation sites excluding steroid dienone is 1. The lowest BCUT2D eigenvalue weighted by Crippen LogP contribution is -1.94. The average Bonchev–Trinajstić information content (AvgIpc) is 2.44. The van der Waals surface area contributed by atoms with E-state index in [0.717, 1.165) is 20.1 Å². The fraction of sp³-hybridized carbons (Fsp3) is 0.0909. The van der Waals surface area contributed by atoms with Crippen molar-refractivity contribution in [2.75, 3.05) is 0 Å². The second-order valence-corrected chi connectivity index (χ2v) is 5.63. The average molecular weight is 394 g/mol. The maximum Gasteiger partial charge on any atom is 0.100 e. The highest BCUT2D eigenvalue weighted by Gasteiger charge is 2.12. The van der Waals surface area contributed by atoms with E-state index in [2.05, 4.69) is 71.1 Å². The van der Waals surface area contributed by atoms with E-state index in [1.165, 1.54) is 10.9 Å². The quantitative estimate of drug-likeness (QED) is 0.624. The van der Waals surface area contributed by atoms with Crippen LogP contribution in [0.5, 0.6) is 0 Å². The predicted octanol–water partition coefficient (Wildman–Crippen LogP) is 5.11. The van der Waals surface area contributed by atoms with Crippen molar-refractivity contribution in [3.8, 4) is 0 Å². The van der Waals surface area contributed by atoms with E-state index in [0.29, 0.717) is 0 Å². The molecule has 0 aliphatic carbocycles. The van der Waals surface area contributed by atoms with Crippen molar-refractivity contribution in [3.05, 3.63) is 44.4 Å². The van der Waals surface area contributed by atoms with Crippen LogP contribution in [-0.2, 0) is 6.54 Å². The van der Waals surface area contributed by atoms with Gasteiger partial charge in [0.15, 0.2) is 0 Å². The molecule has 0 aliphatic rings.